The molecule has 3 aromatic carbocycles. The minimum absolute atomic E-state index is 0.426. The summed E-state index contributed by atoms with van der Waals surface area (Å²) in [4.78, 5) is 19.4. The van der Waals surface area contributed by atoms with Crippen molar-refractivity contribution in [3.05, 3.63) is 152 Å². The summed E-state index contributed by atoms with van der Waals surface area (Å²) in [6.07, 6.45) is 7.03. The fraction of sp³-hybridized carbons (Fsp3) is 0. The molecular weight excluding hydrogens is 592 g/mol. The minimum atomic E-state index is 0.426. The molecular formula is C41H24N6O. The molecule has 0 unspecified atom stereocenters. The molecule has 0 aliphatic carbocycles. The number of rotatable bonds is 5. The van der Waals surface area contributed by atoms with Gasteiger partial charge in [0.05, 0.1) is 44.9 Å². The van der Waals surface area contributed by atoms with Crippen molar-refractivity contribution in [3.63, 3.8) is 0 Å². The molecule has 6 heterocycles. The summed E-state index contributed by atoms with van der Waals surface area (Å²) in [5.41, 5.74) is 8.97. The Labute approximate surface area is 275 Å². The Kier molecular flexibility index (Phi) is 6.37. The zero-order chi connectivity index (χ0) is 32.0. The Balaban J connectivity index is 1.62. The number of hydrogen-bond acceptors (Lipinski definition) is 6. The molecule has 6 aromatic heterocycles. The summed E-state index contributed by atoms with van der Waals surface area (Å²) in [5.74, 6) is 0. The SMILES string of the molecule is N#Cc1c(-c2ccccn2)c(-c2ccccn2)c(-n2c3ccccc3c3c4ccccc4oc32)c(-c2ccccn2)c1-c1ccccn1. The third-order valence-corrected chi connectivity index (χ3v) is 8.69. The monoisotopic (exact) mass is 616 g/mol. The number of nitrogens with zero attached hydrogens (tertiary/aromatic N) is 6. The molecule has 0 aliphatic rings. The van der Waals surface area contributed by atoms with Gasteiger partial charge >= 0.3 is 0 Å². The van der Waals surface area contributed by atoms with E-state index in [-0.39, 0.29) is 0 Å². The highest BCUT2D eigenvalue weighted by Gasteiger charge is 2.33. The third-order valence-electron chi connectivity index (χ3n) is 8.69. The number of hydrogen-bond donors (Lipinski definition) is 0. The molecule has 9 aromatic rings. The van der Waals surface area contributed by atoms with Crippen molar-refractivity contribution in [3.8, 4) is 56.8 Å². The van der Waals surface area contributed by atoms with Crippen molar-refractivity contribution in [1.29, 1.82) is 5.26 Å². The maximum absolute atomic E-state index is 11.2. The molecule has 0 radical (unpaired) electrons. The lowest BCUT2D eigenvalue weighted by Gasteiger charge is -2.25. The van der Waals surface area contributed by atoms with Gasteiger partial charge in [-0.05, 0) is 60.7 Å². The predicted octanol–water partition coefficient (Wildman–Crippen LogP) is 9.65. The lowest BCUT2D eigenvalue weighted by atomic mass is 9.83. The molecule has 48 heavy (non-hydrogen) atoms. The van der Waals surface area contributed by atoms with Crippen LogP contribution in [0.2, 0.25) is 0 Å². The number of nitriles is 1. The maximum Gasteiger partial charge on any atom is 0.213 e. The standard InChI is InChI=1S/C41H24N6O/c42-25-28-36(29-15-5-9-21-43-29)38(31-17-7-11-23-45-31)40(39(32-18-8-12-24-46-32)37(28)30-16-6-10-22-44-30)47-33-19-3-1-13-26(33)35-27-14-2-4-20-34(27)48-41(35)47/h1-24H. The number of pyridine rings is 4. The van der Waals surface area contributed by atoms with E-state index in [1.165, 1.54) is 0 Å². The van der Waals surface area contributed by atoms with Crippen LogP contribution in [0.4, 0.5) is 0 Å². The summed E-state index contributed by atoms with van der Waals surface area (Å²) >= 11 is 0. The van der Waals surface area contributed by atoms with Crippen LogP contribution in [0.25, 0.3) is 83.7 Å². The average molecular weight is 617 g/mol. The minimum Gasteiger partial charge on any atom is -0.439 e. The summed E-state index contributed by atoms with van der Waals surface area (Å²) in [7, 11) is 0. The van der Waals surface area contributed by atoms with Crippen LogP contribution in [-0.4, -0.2) is 24.5 Å². The van der Waals surface area contributed by atoms with Gasteiger partial charge in [0, 0.05) is 57.8 Å². The Morgan fingerprint density at radius 2 is 0.958 bits per heavy atom. The molecule has 0 fully saturated rings. The fourth-order valence-corrected chi connectivity index (χ4v) is 6.79. The zero-order valence-electron chi connectivity index (χ0n) is 25.4. The van der Waals surface area contributed by atoms with Gasteiger partial charge in [-0.25, -0.2) is 0 Å². The summed E-state index contributed by atoms with van der Waals surface area (Å²) < 4.78 is 8.94. The van der Waals surface area contributed by atoms with Gasteiger partial charge in [0.1, 0.15) is 11.7 Å². The lowest BCUT2D eigenvalue weighted by molar-refractivity contribution is 0.645. The van der Waals surface area contributed by atoms with Crippen LogP contribution in [0.5, 0.6) is 0 Å². The van der Waals surface area contributed by atoms with E-state index in [1.807, 2.05) is 103 Å². The second-order valence-electron chi connectivity index (χ2n) is 11.3. The second-order valence-corrected chi connectivity index (χ2v) is 11.3. The Morgan fingerprint density at radius 1 is 0.500 bits per heavy atom. The van der Waals surface area contributed by atoms with Crippen molar-refractivity contribution in [2.45, 2.75) is 0 Å². The number of aromatic nitrogens is 5. The van der Waals surface area contributed by atoms with E-state index >= 15 is 0 Å². The van der Waals surface area contributed by atoms with Gasteiger partial charge in [-0.1, -0.05) is 60.7 Å². The highest BCUT2D eigenvalue weighted by Crippen LogP contribution is 2.51. The third kappa shape index (κ3) is 4.14. The average Bonchev–Trinajstić information content (AvgIpc) is 3.70. The van der Waals surface area contributed by atoms with E-state index in [0.29, 0.717) is 45.2 Å². The molecule has 224 valence electrons. The van der Waals surface area contributed by atoms with Gasteiger partial charge in [0.15, 0.2) is 0 Å². The van der Waals surface area contributed by atoms with Gasteiger partial charge in [-0.15, -0.1) is 0 Å². The van der Waals surface area contributed by atoms with Gasteiger partial charge in [0.25, 0.3) is 0 Å². The molecule has 7 nitrogen and oxygen atoms in total. The van der Waals surface area contributed by atoms with Gasteiger partial charge in [-0.3, -0.25) is 24.5 Å². The van der Waals surface area contributed by atoms with Crippen LogP contribution in [0.1, 0.15) is 5.56 Å². The Bertz CT molecular complexity index is 2550. The largest absolute Gasteiger partial charge is 0.439 e. The second kappa shape index (κ2) is 11.2. The molecule has 7 heteroatoms. The van der Waals surface area contributed by atoms with Crippen LogP contribution < -0.4 is 0 Å². The normalized spacial score (nSPS) is 11.3. The number of benzene rings is 3. The Morgan fingerprint density at radius 3 is 1.46 bits per heavy atom. The van der Waals surface area contributed by atoms with E-state index in [0.717, 1.165) is 44.1 Å². The summed E-state index contributed by atoms with van der Waals surface area (Å²) in [6, 6.07) is 42.1. The molecule has 0 aliphatic heterocycles. The van der Waals surface area contributed by atoms with Crippen LogP contribution in [0, 0.1) is 11.3 Å². The zero-order valence-corrected chi connectivity index (χ0v) is 25.4. The molecule has 0 spiro atoms. The van der Waals surface area contributed by atoms with E-state index in [4.69, 9.17) is 24.4 Å². The molecule has 0 N–H and O–H groups in total. The van der Waals surface area contributed by atoms with Gasteiger partial charge in [0.2, 0.25) is 5.71 Å². The van der Waals surface area contributed by atoms with Crippen molar-refractivity contribution >= 4 is 33.0 Å². The molecule has 0 atom stereocenters. The van der Waals surface area contributed by atoms with E-state index in [2.05, 4.69) is 28.8 Å². The van der Waals surface area contributed by atoms with Crippen LogP contribution >= 0.6 is 0 Å². The van der Waals surface area contributed by atoms with Crippen LogP contribution in [-0.2, 0) is 0 Å². The van der Waals surface area contributed by atoms with E-state index in [9.17, 15) is 5.26 Å². The van der Waals surface area contributed by atoms with Crippen molar-refractivity contribution < 1.29 is 4.42 Å². The van der Waals surface area contributed by atoms with Gasteiger partial charge in [-0.2, -0.15) is 5.26 Å². The van der Waals surface area contributed by atoms with Crippen molar-refractivity contribution in [2.75, 3.05) is 0 Å². The molecule has 0 saturated carbocycles. The molecule has 0 bridgehead atoms. The van der Waals surface area contributed by atoms with Crippen LogP contribution in [0.3, 0.4) is 0 Å². The number of para-hydroxylation sites is 2. The van der Waals surface area contributed by atoms with E-state index < -0.39 is 0 Å². The van der Waals surface area contributed by atoms with Gasteiger partial charge < -0.3 is 4.42 Å². The highest BCUT2D eigenvalue weighted by atomic mass is 16.3. The quantitative estimate of drug-likeness (QED) is 0.191. The first-order valence-corrected chi connectivity index (χ1v) is 15.5. The van der Waals surface area contributed by atoms with Crippen LogP contribution in [0.15, 0.2) is 151 Å². The first kappa shape index (κ1) is 27.4. The fourth-order valence-electron chi connectivity index (χ4n) is 6.79. The molecule has 0 amide bonds. The highest BCUT2D eigenvalue weighted by molar-refractivity contribution is 6.21. The summed E-state index contributed by atoms with van der Waals surface area (Å²) in [6.45, 7) is 0. The smallest absolute Gasteiger partial charge is 0.213 e. The Hall–Kier alpha value is -6.91. The first-order chi connectivity index (χ1) is 23.8. The first-order valence-electron chi connectivity index (χ1n) is 15.5. The van der Waals surface area contributed by atoms with Crippen molar-refractivity contribution in [2.24, 2.45) is 0 Å². The maximum atomic E-state index is 11.2. The number of fused-ring (bicyclic) bond motifs is 5. The molecule has 0 saturated heterocycles. The topological polar surface area (TPSA) is 93.4 Å². The molecule has 9 rings (SSSR count). The predicted molar refractivity (Wildman–Crippen MR) is 188 cm³/mol. The summed E-state index contributed by atoms with van der Waals surface area (Å²) in [5, 5.41) is 14.2. The number of furan rings is 1. The van der Waals surface area contributed by atoms with E-state index in [1.54, 1.807) is 24.8 Å². The lowest BCUT2D eigenvalue weighted by Crippen LogP contribution is -2.09. The van der Waals surface area contributed by atoms with Crippen molar-refractivity contribution in [1.82, 2.24) is 24.5 Å².